The van der Waals surface area contributed by atoms with Crippen molar-refractivity contribution in [3.63, 3.8) is 0 Å². The second-order valence-electron chi connectivity index (χ2n) is 5.53. The molecule has 1 aliphatic heterocycles. The van der Waals surface area contributed by atoms with Gasteiger partial charge in [0, 0.05) is 29.8 Å². The van der Waals surface area contributed by atoms with Crippen molar-refractivity contribution in [2.75, 3.05) is 11.9 Å². The van der Waals surface area contributed by atoms with Crippen molar-refractivity contribution >= 4 is 17.5 Å². The van der Waals surface area contributed by atoms with Crippen molar-refractivity contribution in [2.24, 2.45) is 0 Å². The van der Waals surface area contributed by atoms with E-state index >= 15 is 0 Å². The number of carbonyl (C=O) groups is 2. The van der Waals surface area contributed by atoms with Crippen molar-refractivity contribution in [3.05, 3.63) is 29.8 Å². The van der Waals surface area contributed by atoms with Gasteiger partial charge in [0.05, 0.1) is 0 Å². The lowest BCUT2D eigenvalue weighted by atomic mass is 10.00. The Bertz CT molecular complexity index is 516. The second-order valence-corrected chi connectivity index (χ2v) is 5.53. The highest BCUT2D eigenvalue weighted by Crippen LogP contribution is 2.13. The SMILES string of the molecule is CCC(=O)Nc1cccc(C(=O)NC2CCNC(C)C2)c1. The summed E-state index contributed by atoms with van der Waals surface area (Å²) in [4.78, 5) is 23.7. The van der Waals surface area contributed by atoms with Gasteiger partial charge in [-0.15, -0.1) is 0 Å². The largest absolute Gasteiger partial charge is 0.349 e. The highest BCUT2D eigenvalue weighted by Gasteiger charge is 2.20. The standard InChI is InChI=1S/C16H23N3O2/c1-3-15(20)18-13-6-4-5-12(10-13)16(21)19-14-7-8-17-11(2)9-14/h4-6,10-11,14,17H,3,7-9H2,1-2H3,(H,18,20)(H,19,21). The minimum atomic E-state index is -0.0818. The Morgan fingerprint density at radius 2 is 2.19 bits per heavy atom. The molecular weight excluding hydrogens is 266 g/mol. The molecule has 5 nitrogen and oxygen atoms in total. The number of hydrogen-bond acceptors (Lipinski definition) is 3. The van der Waals surface area contributed by atoms with Gasteiger partial charge in [-0.25, -0.2) is 0 Å². The van der Waals surface area contributed by atoms with Crippen molar-refractivity contribution in [1.29, 1.82) is 0 Å². The molecule has 0 aliphatic carbocycles. The van der Waals surface area contributed by atoms with Gasteiger partial charge in [0.25, 0.3) is 5.91 Å². The number of hydrogen-bond donors (Lipinski definition) is 3. The lowest BCUT2D eigenvalue weighted by molar-refractivity contribution is -0.115. The summed E-state index contributed by atoms with van der Waals surface area (Å²) in [5.41, 5.74) is 1.24. The molecule has 1 heterocycles. The highest BCUT2D eigenvalue weighted by molar-refractivity contribution is 5.97. The molecule has 0 spiro atoms. The molecule has 5 heteroatoms. The van der Waals surface area contributed by atoms with Crippen LogP contribution in [-0.2, 0) is 4.79 Å². The Morgan fingerprint density at radius 1 is 1.38 bits per heavy atom. The number of anilines is 1. The Balaban J connectivity index is 1.98. The molecule has 1 saturated heterocycles. The van der Waals surface area contributed by atoms with Crippen molar-refractivity contribution in [1.82, 2.24) is 10.6 Å². The van der Waals surface area contributed by atoms with Crippen LogP contribution in [0.3, 0.4) is 0 Å². The van der Waals surface area contributed by atoms with Crippen molar-refractivity contribution < 1.29 is 9.59 Å². The van der Waals surface area contributed by atoms with E-state index in [0.29, 0.717) is 23.7 Å². The molecule has 1 aromatic carbocycles. The molecule has 1 aliphatic rings. The minimum absolute atomic E-state index is 0.0558. The fourth-order valence-corrected chi connectivity index (χ4v) is 2.52. The monoisotopic (exact) mass is 289 g/mol. The van der Waals surface area contributed by atoms with E-state index in [9.17, 15) is 9.59 Å². The summed E-state index contributed by atoms with van der Waals surface area (Å²) in [7, 11) is 0. The summed E-state index contributed by atoms with van der Waals surface area (Å²) in [6.07, 6.45) is 2.31. The predicted octanol–water partition coefficient (Wildman–Crippen LogP) is 1.91. The van der Waals surface area contributed by atoms with Crippen LogP contribution in [0.25, 0.3) is 0 Å². The molecule has 0 saturated carbocycles. The molecule has 2 amide bonds. The topological polar surface area (TPSA) is 70.2 Å². The molecule has 0 aromatic heterocycles. The Hall–Kier alpha value is -1.88. The van der Waals surface area contributed by atoms with Gasteiger partial charge >= 0.3 is 0 Å². The van der Waals surface area contributed by atoms with Crippen LogP contribution in [0.1, 0.15) is 43.5 Å². The van der Waals surface area contributed by atoms with Crippen LogP contribution >= 0.6 is 0 Å². The first-order valence-corrected chi connectivity index (χ1v) is 7.52. The van der Waals surface area contributed by atoms with E-state index in [0.717, 1.165) is 19.4 Å². The molecule has 1 fully saturated rings. The maximum Gasteiger partial charge on any atom is 0.251 e. The Morgan fingerprint density at radius 3 is 2.90 bits per heavy atom. The summed E-state index contributed by atoms with van der Waals surface area (Å²) in [5, 5.41) is 9.20. The maximum absolute atomic E-state index is 12.3. The third kappa shape index (κ3) is 4.56. The predicted molar refractivity (Wildman–Crippen MR) is 83.3 cm³/mol. The number of amides is 2. The summed E-state index contributed by atoms with van der Waals surface area (Å²) < 4.78 is 0. The first kappa shape index (κ1) is 15.5. The van der Waals surface area contributed by atoms with Gasteiger partial charge < -0.3 is 16.0 Å². The maximum atomic E-state index is 12.3. The molecule has 0 radical (unpaired) electrons. The van der Waals surface area contributed by atoms with E-state index in [2.05, 4.69) is 22.9 Å². The molecule has 2 rings (SSSR count). The molecule has 2 unspecified atom stereocenters. The van der Waals surface area contributed by atoms with Crippen LogP contribution in [0.5, 0.6) is 0 Å². The summed E-state index contributed by atoms with van der Waals surface area (Å²) in [6, 6.07) is 7.69. The molecule has 1 aromatic rings. The number of rotatable bonds is 4. The molecule has 3 N–H and O–H groups in total. The van der Waals surface area contributed by atoms with Crippen LogP contribution in [0.15, 0.2) is 24.3 Å². The quantitative estimate of drug-likeness (QED) is 0.793. The zero-order valence-electron chi connectivity index (χ0n) is 12.6. The Labute approximate surface area is 125 Å². The highest BCUT2D eigenvalue weighted by atomic mass is 16.2. The van der Waals surface area contributed by atoms with Gasteiger partial charge in [-0.2, -0.15) is 0 Å². The van der Waals surface area contributed by atoms with Crippen LogP contribution < -0.4 is 16.0 Å². The van der Waals surface area contributed by atoms with E-state index in [4.69, 9.17) is 0 Å². The second kappa shape index (κ2) is 7.22. The summed E-state index contributed by atoms with van der Waals surface area (Å²) in [5.74, 6) is -0.138. The van der Waals surface area contributed by atoms with E-state index < -0.39 is 0 Å². The van der Waals surface area contributed by atoms with Gasteiger partial charge in [0.2, 0.25) is 5.91 Å². The normalized spacial score (nSPS) is 21.6. The number of carbonyl (C=O) groups excluding carboxylic acids is 2. The first-order valence-electron chi connectivity index (χ1n) is 7.52. The molecule has 2 atom stereocenters. The fourth-order valence-electron chi connectivity index (χ4n) is 2.52. The van der Waals surface area contributed by atoms with Crippen LogP contribution in [0, 0.1) is 0 Å². The fraction of sp³-hybridized carbons (Fsp3) is 0.500. The van der Waals surface area contributed by atoms with Crippen LogP contribution in [0.4, 0.5) is 5.69 Å². The van der Waals surface area contributed by atoms with Gasteiger partial charge in [-0.1, -0.05) is 13.0 Å². The summed E-state index contributed by atoms with van der Waals surface area (Å²) >= 11 is 0. The number of piperidine rings is 1. The zero-order valence-corrected chi connectivity index (χ0v) is 12.6. The molecule has 21 heavy (non-hydrogen) atoms. The van der Waals surface area contributed by atoms with Crippen LogP contribution in [-0.4, -0.2) is 30.4 Å². The van der Waals surface area contributed by atoms with E-state index in [1.165, 1.54) is 0 Å². The van der Waals surface area contributed by atoms with E-state index in [1.54, 1.807) is 31.2 Å². The van der Waals surface area contributed by atoms with Crippen LogP contribution in [0.2, 0.25) is 0 Å². The van der Waals surface area contributed by atoms with E-state index in [1.807, 2.05) is 0 Å². The Kier molecular flexibility index (Phi) is 5.33. The lowest BCUT2D eigenvalue weighted by Crippen LogP contribution is -2.46. The van der Waals surface area contributed by atoms with Crippen molar-refractivity contribution in [3.8, 4) is 0 Å². The van der Waals surface area contributed by atoms with Gasteiger partial charge in [0.1, 0.15) is 0 Å². The zero-order chi connectivity index (χ0) is 15.2. The molecule has 114 valence electrons. The van der Waals surface area contributed by atoms with Gasteiger partial charge in [0.15, 0.2) is 0 Å². The average molecular weight is 289 g/mol. The number of benzene rings is 1. The smallest absolute Gasteiger partial charge is 0.251 e. The average Bonchev–Trinajstić information content (AvgIpc) is 2.47. The molecular formula is C16H23N3O2. The van der Waals surface area contributed by atoms with E-state index in [-0.39, 0.29) is 17.9 Å². The summed E-state index contributed by atoms with van der Waals surface area (Å²) in [6.45, 7) is 4.85. The third-order valence-electron chi connectivity index (χ3n) is 3.69. The minimum Gasteiger partial charge on any atom is -0.349 e. The van der Waals surface area contributed by atoms with Gasteiger partial charge in [-0.3, -0.25) is 9.59 Å². The molecule has 0 bridgehead atoms. The van der Waals surface area contributed by atoms with Crippen molar-refractivity contribution in [2.45, 2.75) is 45.2 Å². The third-order valence-corrected chi connectivity index (χ3v) is 3.69. The van der Waals surface area contributed by atoms with Gasteiger partial charge in [-0.05, 0) is 44.5 Å². The lowest BCUT2D eigenvalue weighted by Gasteiger charge is -2.28. The number of nitrogens with one attached hydrogen (secondary N) is 3. The first-order chi connectivity index (χ1) is 10.1.